The monoisotopic (exact) mass is 272 g/mol. The van der Waals surface area contributed by atoms with Gasteiger partial charge in [0.2, 0.25) is 0 Å². The van der Waals surface area contributed by atoms with Gasteiger partial charge in [-0.25, -0.2) is 0 Å². The lowest BCUT2D eigenvalue weighted by atomic mass is 9.89. The summed E-state index contributed by atoms with van der Waals surface area (Å²) in [6.45, 7) is 7.70. The van der Waals surface area contributed by atoms with Crippen molar-refractivity contribution in [3.63, 3.8) is 0 Å². The molecule has 1 aromatic heterocycles. The number of rotatable bonds is 3. The van der Waals surface area contributed by atoms with E-state index < -0.39 is 0 Å². The molecule has 3 heteroatoms. The Morgan fingerprint density at radius 1 is 1.25 bits per heavy atom. The van der Waals surface area contributed by atoms with E-state index in [0.717, 1.165) is 31.0 Å². The molecule has 0 unspecified atom stereocenters. The summed E-state index contributed by atoms with van der Waals surface area (Å²) < 4.78 is 5.86. The number of furan rings is 1. The summed E-state index contributed by atoms with van der Waals surface area (Å²) in [5.74, 6) is 1.06. The average molecular weight is 272 g/mol. The number of para-hydroxylation sites is 1. The third-order valence-corrected chi connectivity index (χ3v) is 4.85. The Kier molecular flexibility index (Phi) is 3.57. The Balaban J connectivity index is 1.76. The van der Waals surface area contributed by atoms with Crippen LogP contribution in [-0.2, 0) is 6.54 Å². The third-order valence-electron chi connectivity index (χ3n) is 4.85. The molecular weight excluding hydrogens is 248 g/mol. The van der Waals surface area contributed by atoms with Crippen molar-refractivity contribution < 1.29 is 4.42 Å². The van der Waals surface area contributed by atoms with Crippen LogP contribution in [-0.4, -0.2) is 30.6 Å². The van der Waals surface area contributed by atoms with Gasteiger partial charge in [0.15, 0.2) is 0 Å². The first-order valence-electron chi connectivity index (χ1n) is 7.49. The molecule has 20 heavy (non-hydrogen) atoms. The zero-order valence-electron chi connectivity index (χ0n) is 12.7. The van der Waals surface area contributed by atoms with Crippen LogP contribution in [0.2, 0.25) is 0 Å². The number of benzene rings is 1. The number of nitrogens with zero attached hydrogens (tertiary/aromatic N) is 1. The van der Waals surface area contributed by atoms with Gasteiger partial charge in [-0.2, -0.15) is 0 Å². The molecule has 0 amide bonds. The molecule has 1 aliphatic rings. The molecule has 1 aromatic carbocycles. The van der Waals surface area contributed by atoms with Crippen molar-refractivity contribution in [3.05, 3.63) is 35.6 Å². The van der Waals surface area contributed by atoms with Crippen molar-refractivity contribution >= 4 is 11.0 Å². The predicted molar refractivity (Wildman–Crippen MR) is 82.9 cm³/mol. The third kappa shape index (κ3) is 2.48. The standard InChI is InChI=1S/C17H24N2O/c1-13-15(14-6-4-5-7-16(14)20-13)12-19-10-8-17(2,18-3)9-11-19/h4-7,18H,8-12H2,1-3H3. The fourth-order valence-corrected chi connectivity index (χ4v) is 3.10. The molecule has 0 radical (unpaired) electrons. The summed E-state index contributed by atoms with van der Waals surface area (Å²) in [6, 6.07) is 8.35. The van der Waals surface area contributed by atoms with Crippen molar-refractivity contribution in [1.82, 2.24) is 10.2 Å². The first-order chi connectivity index (χ1) is 9.61. The van der Waals surface area contributed by atoms with Crippen LogP contribution < -0.4 is 5.32 Å². The largest absolute Gasteiger partial charge is 0.461 e. The fourth-order valence-electron chi connectivity index (χ4n) is 3.10. The molecule has 3 rings (SSSR count). The molecule has 1 fully saturated rings. The molecule has 0 spiro atoms. The van der Waals surface area contributed by atoms with E-state index in [2.05, 4.69) is 49.3 Å². The van der Waals surface area contributed by atoms with Gasteiger partial charge in [-0.05, 0) is 39.8 Å². The molecule has 1 N–H and O–H groups in total. The van der Waals surface area contributed by atoms with Crippen molar-refractivity contribution in [3.8, 4) is 0 Å². The summed E-state index contributed by atoms with van der Waals surface area (Å²) >= 11 is 0. The van der Waals surface area contributed by atoms with Crippen LogP contribution in [0.4, 0.5) is 0 Å². The first-order valence-corrected chi connectivity index (χ1v) is 7.49. The number of aryl methyl sites for hydroxylation is 1. The molecule has 0 atom stereocenters. The van der Waals surface area contributed by atoms with E-state index in [1.165, 1.54) is 23.8 Å². The van der Waals surface area contributed by atoms with Crippen LogP contribution >= 0.6 is 0 Å². The second-order valence-electron chi connectivity index (χ2n) is 6.22. The highest BCUT2D eigenvalue weighted by Gasteiger charge is 2.28. The molecule has 108 valence electrons. The number of fused-ring (bicyclic) bond motifs is 1. The molecule has 0 bridgehead atoms. The lowest BCUT2D eigenvalue weighted by molar-refractivity contribution is 0.146. The minimum absolute atomic E-state index is 0.310. The minimum Gasteiger partial charge on any atom is -0.461 e. The van der Waals surface area contributed by atoms with E-state index in [1.54, 1.807) is 0 Å². The normalized spacial score (nSPS) is 19.6. The second-order valence-corrected chi connectivity index (χ2v) is 6.22. The van der Waals surface area contributed by atoms with Gasteiger partial charge in [0.1, 0.15) is 11.3 Å². The maximum atomic E-state index is 5.86. The molecule has 0 saturated carbocycles. The summed E-state index contributed by atoms with van der Waals surface area (Å²) in [5.41, 5.74) is 2.68. The SMILES string of the molecule is CNC1(C)CCN(Cc2c(C)oc3ccccc23)CC1. The minimum atomic E-state index is 0.310. The van der Waals surface area contributed by atoms with Crippen molar-refractivity contribution in [2.24, 2.45) is 0 Å². The van der Waals surface area contributed by atoms with E-state index in [1.807, 2.05) is 6.07 Å². The van der Waals surface area contributed by atoms with Gasteiger partial charge < -0.3 is 9.73 Å². The summed E-state index contributed by atoms with van der Waals surface area (Å²) in [5, 5.41) is 4.73. The highest BCUT2D eigenvalue weighted by atomic mass is 16.3. The average Bonchev–Trinajstić information content (AvgIpc) is 2.78. The highest BCUT2D eigenvalue weighted by molar-refractivity contribution is 5.82. The molecular formula is C17H24N2O. The second kappa shape index (κ2) is 5.23. The van der Waals surface area contributed by atoms with E-state index in [-0.39, 0.29) is 0 Å². The van der Waals surface area contributed by atoms with Gasteiger partial charge in [-0.15, -0.1) is 0 Å². The highest BCUT2D eigenvalue weighted by Crippen LogP contribution is 2.28. The Morgan fingerprint density at radius 3 is 2.65 bits per heavy atom. The molecule has 2 heterocycles. The van der Waals surface area contributed by atoms with Gasteiger partial charge in [-0.3, -0.25) is 4.90 Å². The maximum Gasteiger partial charge on any atom is 0.134 e. The van der Waals surface area contributed by atoms with Crippen LogP contribution in [0.1, 0.15) is 31.1 Å². The Labute approximate surface area is 120 Å². The summed E-state index contributed by atoms with van der Waals surface area (Å²) in [4.78, 5) is 2.55. The number of hydrogen-bond donors (Lipinski definition) is 1. The number of likely N-dealkylation sites (tertiary alicyclic amines) is 1. The van der Waals surface area contributed by atoms with Crippen molar-refractivity contribution in [2.45, 2.75) is 38.8 Å². The first kappa shape index (κ1) is 13.7. The smallest absolute Gasteiger partial charge is 0.134 e. The zero-order chi connectivity index (χ0) is 14.2. The molecule has 3 nitrogen and oxygen atoms in total. The summed E-state index contributed by atoms with van der Waals surface area (Å²) in [6.07, 6.45) is 2.41. The Hall–Kier alpha value is -1.32. The Bertz CT molecular complexity index is 594. The van der Waals surface area contributed by atoms with Gasteiger partial charge in [0, 0.05) is 36.1 Å². The van der Waals surface area contributed by atoms with E-state index in [0.29, 0.717) is 5.54 Å². The van der Waals surface area contributed by atoms with E-state index >= 15 is 0 Å². The topological polar surface area (TPSA) is 28.4 Å². The summed E-state index contributed by atoms with van der Waals surface area (Å²) in [7, 11) is 2.07. The molecule has 0 aliphatic carbocycles. The number of hydrogen-bond acceptors (Lipinski definition) is 3. The molecule has 1 saturated heterocycles. The number of piperidine rings is 1. The Morgan fingerprint density at radius 2 is 1.95 bits per heavy atom. The molecule has 1 aliphatic heterocycles. The van der Waals surface area contributed by atoms with Gasteiger partial charge in [0.05, 0.1) is 0 Å². The van der Waals surface area contributed by atoms with Crippen LogP contribution in [0.5, 0.6) is 0 Å². The predicted octanol–water partition coefficient (Wildman–Crippen LogP) is 3.32. The zero-order valence-corrected chi connectivity index (χ0v) is 12.7. The van der Waals surface area contributed by atoms with Crippen molar-refractivity contribution in [2.75, 3.05) is 20.1 Å². The molecule has 2 aromatic rings. The van der Waals surface area contributed by atoms with Crippen LogP contribution in [0.3, 0.4) is 0 Å². The lowest BCUT2D eigenvalue weighted by Crippen LogP contribution is -2.49. The van der Waals surface area contributed by atoms with Gasteiger partial charge in [-0.1, -0.05) is 18.2 Å². The maximum absolute atomic E-state index is 5.86. The van der Waals surface area contributed by atoms with Gasteiger partial charge >= 0.3 is 0 Å². The lowest BCUT2D eigenvalue weighted by Gasteiger charge is -2.39. The fraction of sp³-hybridized carbons (Fsp3) is 0.529. The van der Waals surface area contributed by atoms with Crippen molar-refractivity contribution in [1.29, 1.82) is 0 Å². The van der Waals surface area contributed by atoms with Crippen LogP contribution in [0.25, 0.3) is 11.0 Å². The van der Waals surface area contributed by atoms with Gasteiger partial charge in [0.25, 0.3) is 0 Å². The quantitative estimate of drug-likeness (QED) is 0.929. The van der Waals surface area contributed by atoms with Crippen LogP contribution in [0.15, 0.2) is 28.7 Å². The van der Waals surface area contributed by atoms with Crippen LogP contribution in [0, 0.1) is 6.92 Å². The van der Waals surface area contributed by atoms with E-state index in [4.69, 9.17) is 4.42 Å². The number of nitrogens with one attached hydrogen (secondary N) is 1. The van der Waals surface area contributed by atoms with E-state index in [9.17, 15) is 0 Å².